The molecule has 1 aromatic heterocycles. The lowest BCUT2D eigenvalue weighted by Crippen LogP contribution is -2.04. The fourth-order valence-corrected chi connectivity index (χ4v) is 2.42. The van der Waals surface area contributed by atoms with Gasteiger partial charge in [-0.05, 0) is 25.0 Å². The molecule has 1 aromatic carbocycles. The number of halogens is 1. The van der Waals surface area contributed by atoms with Crippen LogP contribution in [0.1, 0.15) is 19.5 Å². The van der Waals surface area contributed by atoms with E-state index >= 15 is 0 Å². The van der Waals surface area contributed by atoms with Gasteiger partial charge in [0, 0.05) is 11.4 Å². The van der Waals surface area contributed by atoms with Crippen LogP contribution in [0.5, 0.6) is 0 Å². The molecule has 3 nitrogen and oxygen atoms in total. The number of hydrogen-bond acceptors (Lipinski definition) is 4. The second-order valence-electron chi connectivity index (χ2n) is 4.95. The molecular formula is C15H18FN3S. The Balaban J connectivity index is 2.23. The molecule has 2 rings (SSSR count). The number of aromatic nitrogens is 2. The lowest BCUT2D eigenvalue weighted by molar-refractivity contribution is 0.598. The van der Waals surface area contributed by atoms with Gasteiger partial charge in [0.1, 0.15) is 0 Å². The van der Waals surface area contributed by atoms with Gasteiger partial charge in [0.15, 0.2) is 16.8 Å². The number of para-hydroxylation sites is 1. The first kappa shape index (κ1) is 14.8. The van der Waals surface area contributed by atoms with E-state index in [9.17, 15) is 4.39 Å². The summed E-state index contributed by atoms with van der Waals surface area (Å²) >= 11 is 1.55. The normalized spacial score (nSPS) is 10.8. The molecule has 106 valence electrons. The summed E-state index contributed by atoms with van der Waals surface area (Å²) in [5, 5.41) is 3.61. The minimum absolute atomic E-state index is 0.231. The van der Waals surface area contributed by atoms with E-state index in [1.807, 2.05) is 30.3 Å². The average molecular weight is 291 g/mol. The summed E-state index contributed by atoms with van der Waals surface area (Å²) in [7, 11) is 0. The third kappa shape index (κ3) is 3.93. The summed E-state index contributed by atoms with van der Waals surface area (Å²) in [6.45, 7) is 5.92. The fraction of sp³-hybridized carbons (Fsp3) is 0.333. The van der Waals surface area contributed by atoms with Crippen molar-refractivity contribution < 1.29 is 4.39 Å². The van der Waals surface area contributed by atoms with Gasteiger partial charge in [0.2, 0.25) is 0 Å². The van der Waals surface area contributed by atoms with Gasteiger partial charge in [-0.1, -0.05) is 43.8 Å². The summed E-state index contributed by atoms with van der Waals surface area (Å²) < 4.78 is 14.1. The molecule has 5 heteroatoms. The van der Waals surface area contributed by atoms with Gasteiger partial charge < -0.3 is 5.32 Å². The Morgan fingerprint density at radius 2 is 1.90 bits per heavy atom. The maximum atomic E-state index is 14.1. The van der Waals surface area contributed by atoms with Gasteiger partial charge in [-0.15, -0.1) is 0 Å². The highest BCUT2D eigenvalue weighted by molar-refractivity contribution is 7.99. The van der Waals surface area contributed by atoms with Crippen LogP contribution in [0, 0.1) is 18.7 Å². The molecule has 0 aliphatic rings. The standard InChI is InChI=1S/C15H18FN3S/c1-10(2)9-20-15-17-11(3)13(16)14(19-15)18-12-7-5-4-6-8-12/h4-8,10H,9H2,1-3H3,(H,17,18,19). The summed E-state index contributed by atoms with van der Waals surface area (Å²) in [5.74, 6) is 1.28. The van der Waals surface area contributed by atoms with Gasteiger partial charge in [-0.2, -0.15) is 0 Å². The Kier molecular flexibility index (Phi) is 4.95. The molecule has 1 N–H and O–H groups in total. The first-order valence-electron chi connectivity index (χ1n) is 6.55. The third-order valence-corrected chi connectivity index (χ3v) is 3.85. The van der Waals surface area contributed by atoms with E-state index in [2.05, 4.69) is 29.1 Å². The van der Waals surface area contributed by atoms with Crippen molar-refractivity contribution in [2.24, 2.45) is 5.92 Å². The van der Waals surface area contributed by atoms with E-state index in [1.54, 1.807) is 18.7 Å². The predicted octanol–water partition coefficient (Wildman–Crippen LogP) is 4.42. The number of nitrogens with one attached hydrogen (secondary N) is 1. The predicted molar refractivity (Wildman–Crippen MR) is 82.0 cm³/mol. The molecule has 0 atom stereocenters. The van der Waals surface area contributed by atoms with Crippen molar-refractivity contribution in [1.29, 1.82) is 0 Å². The van der Waals surface area contributed by atoms with Crippen LogP contribution in [0.3, 0.4) is 0 Å². The lowest BCUT2D eigenvalue weighted by atomic mass is 10.3. The molecule has 0 fully saturated rings. The summed E-state index contributed by atoms with van der Waals surface area (Å²) in [4.78, 5) is 8.45. The quantitative estimate of drug-likeness (QED) is 0.654. The second kappa shape index (κ2) is 6.70. The van der Waals surface area contributed by atoms with Gasteiger partial charge in [0.25, 0.3) is 0 Å². The molecule has 20 heavy (non-hydrogen) atoms. The minimum Gasteiger partial charge on any atom is -0.338 e. The van der Waals surface area contributed by atoms with Crippen molar-refractivity contribution >= 4 is 23.3 Å². The van der Waals surface area contributed by atoms with Crippen LogP contribution in [0.15, 0.2) is 35.5 Å². The number of benzene rings is 1. The lowest BCUT2D eigenvalue weighted by Gasteiger charge is -2.10. The maximum absolute atomic E-state index is 14.1. The largest absolute Gasteiger partial charge is 0.338 e. The Morgan fingerprint density at radius 3 is 2.55 bits per heavy atom. The Morgan fingerprint density at radius 1 is 1.20 bits per heavy atom. The highest BCUT2D eigenvalue weighted by Crippen LogP contribution is 2.24. The average Bonchev–Trinajstić information content (AvgIpc) is 2.43. The second-order valence-corrected chi connectivity index (χ2v) is 5.94. The van der Waals surface area contributed by atoms with E-state index in [4.69, 9.17) is 0 Å². The zero-order valence-corrected chi connectivity index (χ0v) is 12.7. The molecule has 0 aliphatic heterocycles. The number of thioether (sulfide) groups is 1. The Bertz CT molecular complexity index is 573. The Hall–Kier alpha value is -1.62. The van der Waals surface area contributed by atoms with Crippen LogP contribution in [0.4, 0.5) is 15.9 Å². The zero-order valence-electron chi connectivity index (χ0n) is 11.9. The minimum atomic E-state index is -0.400. The molecule has 0 bridgehead atoms. The van der Waals surface area contributed by atoms with Crippen LogP contribution in [0.2, 0.25) is 0 Å². The zero-order chi connectivity index (χ0) is 14.5. The van der Waals surface area contributed by atoms with Gasteiger partial charge in [-0.3, -0.25) is 0 Å². The highest BCUT2D eigenvalue weighted by Gasteiger charge is 2.12. The van der Waals surface area contributed by atoms with Gasteiger partial charge in [-0.25, -0.2) is 14.4 Å². The van der Waals surface area contributed by atoms with Crippen LogP contribution >= 0.6 is 11.8 Å². The molecule has 0 amide bonds. The first-order valence-corrected chi connectivity index (χ1v) is 7.54. The molecule has 2 aromatic rings. The first-order chi connectivity index (χ1) is 9.56. The SMILES string of the molecule is Cc1nc(SCC(C)C)nc(Nc2ccccc2)c1F. The number of hydrogen-bond donors (Lipinski definition) is 1. The molecule has 0 unspecified atom stereocenters. The number of anilines is 2. The Labute approximate surface area is 123 Å². The molecule has 0 aliphatic carbocycles. The number of rotatable bonds is 5. The van der Waals surface area contributed by atoms with Crippen molar-refractivity contribution in [1.82, 2.24) is 9.97 Å². The summed E-state index contributed by atoms with van der Waals surface area (Å²) in [5.41, 5.74) is 1.17. The molecule has 0 radical (unpaired) electrons. The molecule has 1 heterocycles. The highest BCUT2D eigenvalue weighted by atomic mass is 32.2. The maximum Gasteiger partial charge on any atom is 0.189 e. The van der Waals surface area contributed by atoms with E-state index < -0.39 is 5.82 Å². The monoisotopic (exact) mass is 291 g/mol. The van der Waals surface area contributed by atoms with Gasteiger partial charge >= 0.3 is 0 Å². The van der Waals surface area contributed by atoms with Crippen LogP contribution in [0.25, 0.3) is 0 Å². The smallest absolute Gasteiger partial charge is 0.189 e. The van der Waals surface area contributed by atoms with E-state index in [1.165, 1.54) is 0 Å². The number of nitrogens with zero attached hydrogens (tertiary/aromatic N) is 2. The molecule has 0 spiro atoms. The third-order valence-electron chi connectivity index (χ3n) is 2.58. The van der Waals surface area contributed by atoms with Crippen LogP contribution in [-0.2, 0) is 0 Å². The molecule has 0 saturated heterocycles. The van der Waals surface area contributed by atoms with Crippen molar-refractivity contribution in [2.45, 2.75) is 25.9 Å². The van der Waals surface area contributed by atoms with Gasteiger partial charge in [0.05, 0.1) is 5.69 Å². The summed E-state index contributed by atoms with van der Waals surface area (Å²) in [6, 6.07) is 9.44. The van der Waals surface area contributed by atoms with Crippen LogP contribution in [-0.4, -0.2) is 15.7 Å². The molecular weight excluding hydrogens is 273 g/mol. The van der Waals surface area contributed by atoms with E-state index in [-0.39, 0.29) is 5.82 Å². The molecule has 0 saturated carbocycles. The van der Waals surface area contributed by atoms with Crippen LogP contribution < -0.4 is 5.32 Å². The van der Waals surface area contributed by atoms with Crippen molar-refractivity contribution in [3.63, 3.8) is 0 Å². The number of aryl methyl sites for hydroxylation is 1. The fourth-order valence-electron chi connectivity index (χ4n) is 1.58. The van der Waals surface area contributed by atoms with E-state index in [0.717, 1.165) is 11.4 Å². The van der Waals surface area contributed by atoms with Crippen molar-refractivity contribution in [2.75, 3.05) is 11.1 Å². The van der Waals surface area contributed by atoms with E-state index in [0.29, 0.717) is 16.8 Å². The van der Waals surface area contributed by atoms with Crippen molar-refractivity contribution in [3.8, 4) is 0 Å². The summed E-state index contributed by atoms with van der Waals surface area (Å²) in [6.07, 6.45) is 0. The topological polar surface area (TPSA) is 37.8 Å². The van der Waals surface area contributed by atoms with Crippen molar-refractivity contribution in [3.05, 3.63) is 41.8 Å².